The van der Waals surface area contributed by atoms with Gasteiger partial charge in [0.05, 0.1) is 24.8 Å². The number of hydrogen-bond acceptors (Lipinski definition) is 5. The van der Waals surface area contributed by atoms with Crippen LogP contribution >= 0.6 is 0 Å². The van der Waals surface area contributed by atoms with E-state index in [2.05, 4.69) is 10.3 Å². The van der Waals surface area contributed by atoms with Crippen LogP contribution in [0.15, 0.2) is 24.4 Å². The Morgan fingerprint density at radius 1 is 1.36 bits per heavy atom. The molecular formula is C16H24N2O4. The minimum absolute atomic E-state index is 0.0104. The predicted octanol–water partition coefficient (Wildman–Crippen LogP) is 1.60. The minimum Gasteiger partial charge on any atom is -0.460 e. The average molecular weight is 308 g/mol. The van der Waals surface area contributed by atoms with Crippen LogP contribution in [0.25, 0.3) is 0 Å². The number of aromatic nitrogens is 1. The number of carbonyl (C=O) groups excluding carboxylic acids is 2. The van der Waals surface area contributed by atoms with Crippen LogP contribution in [0.4, 0.5) is 0 Å². The highest BCUT2D eigenvalue weighted by Crippen LogP contribution is 2.14. The van der Waals surface area contributed by atoms with Gasteiger partial charge in [-0.3, -0.25) is 14.6 Å². The van der Waals surface area contributed by atoms with E-state index < -0.39 is 23.5 Å². The normalized spacial score (nSPS) is 14.0. The maximum absolute atomic E-state index is 12.1. The van der Waals surface area contributed by atoms with Gasteiger partial charge in [0.1, 0.15) is 5.60 Å². The first kappa shape index (κ1) is 18.1. The number of aliphatic hydroxyl groups is 1. The Morgan fingerprint density at radius 2 is 2.05 bits per heavy atom. The Labute approximate surface area is 130 Å². The summed E-state index contributed by atoms with van der Waals surface area (Å²) in [6.07, 6.45) is 1.58. The van der Waals surface area contributed by atoms with Gasteiger partial charge in [-0.15, -0.1) is 0 Å². The van der Waals surface area contributed by atoms with E-state index in [0.717, 1.165) is 0 Å². The average Bonchev–Trinajstić information content (AvgIpc) is 2.43. The fourth-order valence-corrected chi connectivity index (χ4v) is 1.84. The summed E-state index contributed by atoms with van der Waals surface area (Å²) >= 11 is 0. The van der Waals surface area contributed by atoms with E-state index in [0.29, 0.717) is 5.69 Å². The van der Waals surface area contributed by atoms with Gasteiger partial charge in [0.25, 0.3) is 0 Å². The smallest absolute Gasteiger partial charge is 0.307 e. The zero-order chi connectivity index (χ0) is 16.8. The van der Waals surface area contributed by atoms with E-state index in [1.807, 2.05) is 0 Å². The lowest BCUT2D eigenvalue weighted by molar-refractivity contribution is -0.157. The van der Waals surface area contributed by atoms with Crippen molar-refractivity contribution in [2.45, 2.75) is 45.8 Å². The minimum atomic E-state index is -0.588. The highest BCUT2D eigenvalue weighted by atomic mass is 16.6. The predicted molar refractivity (Wildman–Crippen MR) is 81.8 cm³/mol. The van der Waals surface area contributed by atoms with Gasteiger partial charge >= 0.3 is 5.97 Å². The summed E-state index contributed by atoms with van der Waals surface area (Å²) in [6.45, 7) is 6.71. The molecular weight excluding hydrogens is 284 g/mol. The van der Waals surface area contributed by atoms with Crippen molar-refractivity contribution in [3.63, 3.8) is 0 Å². The molecule has 6 heteroatoms. The lowest BCUT2D eigenvalue weighted by atomic mass is 10.1. The van der Waals surface area contributed by atoms with E-state index in [-0.39, 0.29) is 18.9 Å². The Hall–Kier alpha value is -1.95. The third-order valence-corrected chi connectivity index (χ3v) is 2.88. The topological polar surface area (TPSA) is 88.5 Å². The maximum Gasteiger partial charge on any atom is 0.307 e. The van der Waals surface area contributed by atoms with E-state index in [1.54, 1.807) is 52.1 Å². The molecule has 2 N–H and O–H groups in total. The van der Waals surface area contributed by atoms with Gasteiger partial charge in [-0.2, -0.15) is 0 Å². The lowest BCUT2D eigenvalue weighted by Gasteiger charge is -2.22. The van der Waals surface area contributed by atoms with Gasteiger partial charge in [0.15, 0.2) is 0 Å². The maximum atomic E-state index is 12.1. The van der Waals surface area contributed by atoms with Crippen molar-refractivity contribution in [1.82, 2.24) is 10.3 Å². The largest absolute Gasteiger partial charge is 0.460 e. The van der Waals surface area contributed by atoms with Gasteiger partial charge in [-0.1, -0.05) is 13.0 Å². The van der Waals surface area contributed by atoms with Gasteiger partial charge in [0, 0.05) is 12.1 Å². The fraction of sp³-hybridized carbons (Fsp3) is 0.562. The quantitative estimate of drug-likeness (QED) is 0.779. The molecule has 6 nitrogen and oxygen atoms in total. The second kappa shape index (κ2) is 7.89. The van der Waals surface area contributed by atoms with Crippen molar-refractivity contribution in [2.24, 2.45) is 5.92 Å². The molecule has 22 heavy (non-hydrogen) atoms. The summed E-state index contributed by atoms with van der Waals surface area (Å²) < 4.78 is 5.19. The molecule has 0 aromatic carbocycles. The number of nitrogens with zero attached hydrogens (tertiary/aromatic N) is 1. The Balaban J connectivity index is 2.58. The van der Waals surface area contributed by atoms with E-state index >= 15 is 0 Å². The molecule has 0 bridgehead atoms. The molecule has 0 saturated carbocycles. The third kappa shape index (κ3) is 6.22. The third-order valence-electron chi connectivity index (χ3n) is 2.88. The molecule has 0 saturated heterocycles. The van der Waals surface area contributed by atoms with Crippen molar-refractivity contribution in [3.05, 3.63) is 30.1 Å². The molecule has 0 radical (unpaired) electrons. The molecule has 0 aliphatic rings. The van der Waals surface area contributed by atoms with Crippen LogP contribution in [0.2, 0.25) is 0 Å². The highest BCUT2D eigenvalue weighted by Gasteiger charge is 2.24. The van der Waals surface area contributed by atoms with E-state index in [4.69, 9.17) is 4.74 Å². The molecule has 122 valence electrons. The van der Waals surface area contributed by atoms with E-state index in [9.17, 15) is 14.7 Å². The molecule has 1 aromatic rings. The first-order chi connectivity index (χ1) is 10.2. The van der Waals surface area contributed by atoms with Crippen molar-refractivity contribution in [2.75, 3.05) is 6.61 Å². The monoisotopic (exact) mass is 308 g/mol. The van der Waals surface area contributed by atoms with Crippen molar-refractivity contribution in [3.8, 4) is 0 Å². The number of ether oxygens (including phenoxy) is 1. The van der Waals surface area contributed by atoms with Crippen LogP contribution in [0, 0.1) is 5.92 Å². The van der Waals surface area contributed by atoms with Crippen LogP contribution in [0.3, 0.4) is 0 Å². The lowest BCUT2D eigenvalue weighted by Crippen LogP contribution is -2.36. The molecule has 1 heterocycles. The summed E-state index contributed by atoms with van der Waals surface area (Å²) in [5.41, 5.74) is -0.00248. The Morgan fingerprint density at radius 3 is 2.55 bits per heavy atom. The summed E-state index contributed by atoms with van der Waals surface area (Å²) in [4.78, 5) is 28.0. The van der Waals surface area contributed by atoms with Crippen LogP contribution < -0.4 is 5.32 Å². The van der Waals surface area contributed by atoms with Crippen LogP contribution in [-0.2, 0) is 14.3 Å². The molecule has 0 aliphatic heterocycles. The standard InChI is InChI=1S/C16H24N2O4/c1-11(9-14(20)22-16(2,3)4)15(21)18-13(10-19)12-7-5-6-8-17-12/h5-8,11,13,19H,9-10H2,1-4H3,(H,18,21)/t11-,13?/m1/s1. The number of amides is 1. The van der Waals surface area contributed by atoms with Gasteiger partial charge in [0.2, 0.25) is 5.91 Å². The highest BCUT2D eigenvalue weighted by molar-refractivity contribution is 5.83. The number of nitrogens with one attached hydrogen (secondary N) is 1. The zero-order valence-electron chi connectivity index (χ0n) is 13.5. The van der Waals surface area contributed by atoms with Crippen molar-refractivity contribution in [1.29, 1.82) is 0 Å². The molecule has 1 amide bonds. The van der Waals surface area contributed by atoms with Crippen LogP contribution in [0.5, 0.6) is 0 Å². The van der Waals surface area contributed by atoms with Gasteiger partial charge in [-0.05, 0) is 32.9 Å². The Kier molecular flexibility index (Phi) is 6.49. The number of rotatable bonds is 6. The van der Waals surface area contributed by atoms with Crippen LogP contribution in [0.1, 0.15) is 45.9 Å². The van der Waals surface area contributed by atoms with Crippen LogP contribution in [-0.4, -0.2) is 34.2 Å². The number of esters is 1. The summed E-state index contributed by atoms with van der Waals surface area (Å²) in [5.74, 6) is -1.29. The van der Waals surface area contributed by atoms with E-state index in [1.165, 1.54) is 0 Å². The number of hydrogen-bond donors (Lipinski definition) is 2. The summed E-state index contributed by atoms with van der Waals surface area (Å²) in [5, 5.41) is 12.1. The molecule has 1 rings (SSSR count). The molecule has 1 unspecified atom stereocenters. The van der Waals surface area contributed by atoms with Crippen molar-refractivity contribution < 1.29 is 19.4 Å². The molecule has 0 fully saturated rings. The van der Waals surface area contributed by atoms with Gasteiger partial charge < -0.3 is 15.2 Å². The summed E-state index contributed by atoms with van der Waals surface area (Å²) in [6, 6.07) is 4.67. The summed E-state index contributed by atoms with van der Waals surface area (Å²) in [7, 11) is 0. The first-order valence-corrected chi connectivity index (χ1v) is 7.27. The fourth-order valence-electron chi connectivity index (χ4n) is 1.84. The molecule has 0 aliphatic carbocycles. The molecule has 1 aromatic heterocycles. The SMILES string of the molecule is C[C@H](CC(=O)OC(C)(C)C)C(=O)NC(CO)c1ccccn1. The molecule has 2 atom stereocenters. The second-order valence-corrected chi connectivity index (χ2v) is 6.19. The first-order valence-electron chi connectivity index (χ1n) is 7.27. The number of carbonyl (C=O) groups is 2. The van der Waals surface area contributed by atoms with Gasteiger partial charge in [-0.25, -0.2) is 0 Å². The molecule has 0 spiro atoms. The number of pyridine rings is 1. The van der Waals surface area contributed by atoms with Crippen molar-refractivity contribution >= 4 is 11.9 Å². The second-order valence-electron chi connectivity index (χ2n) is 6.19. The Bertz CT molecular complexity index is 497. The number of aliphatic hydroxyl groups excluding tert-OH is 1. The zero-order valence-corrected chi connectivity index (χ0v) is 13.5.